The van der Waals surface area contributed by atoms with Gasteiger partial charge < -0.3 is 10.0 Å². The van der Waals surface area contributed by atoms with E-state index in [9.17, 15) is 9.90 Å². The Morgan fingerprint density at radius 2 is 1.83 bits per heavy atom. The molecule has 24 heavy (non-hydrogen) atoms. The Morgan fingerprint density at radius 3 is 2.62 bits per heavy atom. The Labute approximate surface area is 142 Å². The van der Waals surface area contributed by atoms with Gasteiger partial charge in [-0.3, -0.25) is 9.36 Å². The number of fused-ring (bicyclic) bond motifs is 1. The van der Waals surface area contributed by atoms with Gasteiger partial charge in [0.2, 0.25) is 0 Å². The van der Waals surface area contributed by atoms with Crippen molar-refractivity contribution in [3.05, 3.63) is 79.8 Å². The summed E-state index contributed by atoms with van der Waals surface area (Å²) in [6.07, 6.45) is 1.72. The van der Waals surface area contributed by atoms with E-state index >= 15 is 0 Å². The Kier molecular flexibility index (Phi) is 3.66. The third kappa shape index (κ3) is 2.61. The first-order valence-electron chi connectivity index (χ1n) is 7.56. The number of aromatic nitrogens is 1. The molecule has 0 saturated carbocycles. The van der Waals surface area contributed by atoms with Crippen molar-refractivity contribution in [1.29, 1.82) is 0 Å². The number of nitrogens with zero attached hydrogens (tertiary/aromatic N) is 3. The topological polar surface area (TPSA) is 57.8 Å². The van der Waals surface area contributed by atoms with Crippen LogP contribution < -0.4 is 19.8 Å². The zero-order chi connectivity index (χ0) is 16.5. The number of hydrogen-bond donors (Lipinski definition) is 1. The highest BCUT2D eigenvalue weighted by Crippen LogP contribution is 2.16. The first-order chi connectivity index (χ1) is 11.7. The van der Waals surface area contributed by atoms with Gasteiger partial charge in [0.1, 0.15) is 19.1 Å². The Hall–Kier alpha value is -2.86. The minimum Gasteiger partial charge on any atom is -0.507 e. The maximum atomic E-state index is 12.7. The van der Waals surface area contributed by atoms with Crippen LogP contribution in [-0.2, 0) is 6.67 Å². The molecule has 1 N–H and O–H groups in total. The lowest BCUT2D eigenvalue weighted by atomic mass is 10.2. The van der Waals surface area contributed by atoms with Crippen LogP contribution in [0, 0.1) is 0 Å². The molecule has 0 unspecified atom stereocenters. The SMILES string of the molecule is O=c1/c(=C/c2ccccc2O)sc2n1CN(c1ccccc1)CN=2. The van der Waals surface area contributed by atoms with Crippen LogP contribution in [0.15, 0.2) is 64.4 Å². The van der Waals surface area contributed by atoms with Gasteiger partial charge in [-0.05, 0) is 24.3 Å². The summed E-state index contributed by atoms with van der Waals surface area (Å²) in [5, 5.41) is 9.89. The zero-order valence-electron chi connectivity index (χ0n) is 12.8. The van der Waals surface area contributed by atoms with Crippen LogP contribution in [0.4, 0.5) is 5.69 Å². The number of phenolic OH excluding ortho intramolecular Hbond substituents is 1. The molecule has 2 heterocycles. The predicted octanol–water partition coefficient (Wildman–Crippen LogP) is 1.50. The van der Waals surface area contributed by atoms with Gasteiger partial charge in [-0.2, -0.15) is 0 Å². The molecular formula is C18H15N3O2S. The number of phenols is 1. The summed E-state index contributed by atoms with van der Waals surface area (Å²) < 4.78 is 2.25. The number of rotatable bonds is 2. The second kappa shape index (κ2) is 5.98. The van der Waals surface area contributed by atoms with Crippen LogP contribution in [0.2, 0.25) is 0 Å². The maximum absolute atomic E-state index is 12.7. The van der Waals surface area contributed by atoms with E-state index < -0.39 is 0 Å². The largest absolute Gasteiger partial charge is 0.507 e. The summed E-state index contributed by atoms with van der Waals surface area (Å²) in [6.45, 7) is 1.01. The number of aromatic hydroxyl groups is 1. The summed E-state index contributed by atoms with van der Waals surface area (Å²) in [5.41, 5.74) is 1.59. The van der Waals surface area contributed by atoms with Crippen LogP contribution in [0.3, 0.4) is 0 Å². The van der Waals surface area contributed by atoms with E-state index in [4.69, 9.17) is 0 Å². The molecule has 0 aliphatic carbocycles. The van der Waals surface area contributed by atoms with Gasteiger partial charge in [0, 0.05) is 11.3 Å². The van der Waals surface area contributed by atoms with Crippen molar-refractivity contribution >= 4 is 23.1 Å². The first-order valence-corrected chi connectivity index (χ1v) is 8.38. The quantitative estimate of drug-likeness (QED) is 0.771. The van der Waals surface area contributed by atoms with E-state index in [1.54, 1.807) is 28.8 Å². The molecule has 1 aliphatic rings. The molecule has 0 radical (unpaired) electrons. The van der Waals surface area contributed by atoms with E-state index in [0.717, 1.165) is 5.69 Å². The molecule has 0 bridgehead atoms. The van der Waals surface area contributed by atoms with E-state index in [1.807, 2.05) is 41.3 Å². The summed E-state index contributed by atoms with van der Waals surface area (Å²) >= 11 is 1.35. The van der Waals surface area contributed by atoms with E-state index in [2.05, 4.69) is 4.99 Å². The van der Waals surface area contributed by atoms with Crippen LogP contribution in [0.1, 0.15) is 5.56 Å². The second-order valence-corrected chi connectivity index (χ2v) is 6.51. The number of hydrogen-bond acceptors (Lipinski definition) is 5. The molecule has 0 fully saturated rings. The van der Waals surface area contributed by atoms with Crippen LogP contribution >= 0.6 is 11.3 Å². The van der Waals surface area contributed by atoms with E-state index in [-0.39, 0.29) is 11.3 Å². The standard InChI is InChI=1S/C18H15N3O2S/c22-15-9-5-4-6-13(15)10-16-17(23)21-12-20(11-19-18(21)24-16)14-7-2-1-3-8-14/h1-10,22H,11-12H2/b16-10-. The molecule has 2 aromatic carbocycles. The average Bonchev–Trinajstić information content (AvgIpc) is 2.93. The van der Waals surface area contributed by atoms with Gasteiger partial charge in [0.15, 0.2) is 4.80 Å². The third-order valence-electron chi connectivity index (χ3n) is 3.92. The molecule has 0 spiro atoms. The molecule has 5 nitrogen and oxygen atoms in total. The molecule has 1 aliphatic heterocycles. The lowest BCUT2D eigenvalue weighted by Crippen LogP contribution is -2.42. The summed E-state index contributed by atoms with van der Waals surface area (Å²) in [4.78, 5) is 20.0. The Balaban J connectivity index is 1.76. The number of para-hydroxylation sites is 2. The van der Waals surface area contributed by atoms with Gasteiger partial charge in [-0.15, -0.1) is 0 Å². The number of benzene rings is 2. The monoisotopic (exact) mass is 337 g/mol. The molecule has 0 atom stereocenters. The molecule has 6 heteroatoms. The summed E-state index contributed by atoms with van der Waals surface area (Å²) in [7, 11) is 0. The van der Waals surface area contributed by atoms with Crippen molar-refractivity contribution in [3.8, 4) is 5.75 Å². The Morgan fingerprint density at radius 1 is 1.08 bits per heavy atom. The summed E-state index contributed by atoms with van der Waals surface area (Å²) in [6, 6.07) is 16.9. The van der Waals surface area contributed by atoms with E-state index in [0.29, 0.717) is 28.2 Å². The van der Waals surface area contributed by atoms with Gasteiger partial charge in [0.25, 0.3) is 5.56 Å². The Bertz CT molecular complexity index is 1050. The van der Waals surface area contributed by atoms with Gasteiger partial charge in [0.05, 0.1) is 4.53 Å². The number of anilines is 1. The van der Waals surface area contributed by atoms with Crippen molar-refractivity contribution in [2.45, 2.75) is 6.67 Å². The van der Waals surface area contributed by atoms with Crippen LogP contribution in [0.5, 0.6) is 5.75 Å². The summed E-state index contributed by atoms with van der Waals surface area (Å²) in [5.74, 6) is 0.163. The third-order valence-corrected chi connectivity index (χ3v) is 4.97. The van der Waals surface area contributed by atoms with Crippen molar-refractivity contribution in [1.82, 2.24) is 4.57 Å². The van der Waals surface area contributed by atoms with Crippen LogP contribution in [0.25, 0.3) is 6.08 Å². The smallest absolute Gasteiger partial charge is 0.271 e. The normalized spacial score (nSPS) is 14.3. The van der Waals surface area contributed by atoms with Crippen molar-refractivity contribution in [2.75, 3.05) is 11.6 Å². The van der Waals surface area contributed by atoms with Crippen molar-refractivity contribution < 1.29 is 5.11 Å². The molecule has 4 rings (SSSR count). The minimum absolute atomic E-state index is 0.0809. The highest BCUT2D eigenvalue weighted by atomic mass is 32.1. The van der Waals surface area contributed by atoms with Gasteiger partial charge in [-0.25, -0.2) is 4.99 Å². The van der Waals surface area contributed by atoms with E-state index in [1.165, 1.54) is 11.3 Å². The molecule has 3 aromatic rings. The fourth-order valence-corrected chi connectivity index (χ4v) is 3.62. The lowest BCUT2D eigenvalue weighted by Gasteiger charge is -2.25. The molecular weight excluding hydrogens is 322 g/mol. The highest BCUT2D eigenvalue weighted by Gasteiger charge is 2.15. The van der Waals surface area contributed by atoms with Gasteiger partial charge >= 0.3 is 0 Å². The molecule has 1 aromatic heterocycles. The van der Waals surface area contributed by atoms with Crippen molar-refractivity contribution in [2.24, 2.45) is 4.99 Å². The number of thiazole rings is 1. The highest BCUT2D eigenvalue weighted by molar-refractivity contribution is 7.07. The first kappa shape index (κ1) is 14.7. The van der Waals surface area contributed by atoms with Crippen molar-refractivity contribution in [3.63, 3.8) is 0 Å². The fraction of sp³-hybridized carbons (Fsp3) is 0.111. The average molecular weight is 337 g/mol. The maximum Gasteiger partial charge on any atom is 0.271 e. The van der Waals surface area contributed by atoms with Crippen LogP contribution in [-0.4, -0.2) is 16.3 Å². The zero-order valence-corrected chi connectivity index (χ0v) is 13.6. The fourth-order valence-electron chi connectivity index (χ4n) is 2.66. The minimum atomic E-state index is -0.0809. The van der Waals surface area contributed by atoms with Gasteiger partial charge in [-0.1, -0.05) is 47.7 Å². The second-order valence-electron chi connectivity index (χ2n) is 5.50. The molecule has 0 amide bonds. The predicted molar refractivity (Wildman–Crippen MR) is 94.8 cm³/mol. The molecule has 0 saturated heterocycles. The lowest BCUT2D eigenvalue weighted by molar-refractivity contribution is 0.474. The molecule has 120 valence electrons.